The van der Waals surface area contributed by atoms with Crippen LogP contribution in [0.4, 0.5) is 9.18 Å². The number of halogens is 1. The van der Waals surface area contributed by atoms with Crippen molar-refractivity contribution in [2.24, 2.45) is 34.0 Å². The monoisotopic (exact) mass is 686 g/mol. The van der Waals surface area contributed by atoms with Gasteiger partial charge < -0.3 is 29.0 Å². The average molecular weight is 687 g/mol. The van der Waals surface area contributed by atoms with Crippen LogP contribution in [0.15, 0.2) is 24.3 Å². The Morgan fingerprint density at radius 1 is 1.16 bits per heavy atom. The molecule has 3 saturated carbocycles. The third kappa shape index (κ3) is 6.83. The number of nitrogens with one attached hydrogen (secondary N) is 2. The number of aliphatic hydroxyl groups excluding tert-OH is 1. The molecule has 2 bridgehead atoms. The van der Waals surface area contributed by atoms with E-state index >= 15 is 4.39 Å². The number of carbonyl (C=O) groups is 4. The number of hydrogen-bond acceptors (Lipinski definition) is 10. The molecule has 12 nitrogen and oxygen atoms in total. The standard InChI is InChI=1S/C35H48BFN2O10/c1-19-10-14-35-15-11-22(40)29(35)34(19,7)24(48-26(42)18-46-23-9-8-21-17-47-36(45)27(21)28(23)37)16-33(6,30(43)20(35)2)13-12-25(41)38-39-31(44)49-32(3,4)5/h8-9,12-13,19-20,24,29-30,43,45H,10-11,14-18H2,1-7H3,(H,38,41)(H,39,44)/b13-12+/t19-,20-,24+,29-,30-,33+,34-,35-/m0/s1. The van der Waals surface area contributed by atoms with Gasteiger partial charge in [0.25, 0.3) is 5.91 Å². The lowest BCUT2D eigenvalue weighted by Gasteiger charge is -2.61. The summed E-state index contributed by atoms with van der Waals surface area (Å²) in [6.45, 7) is 12.2. The number of aliphatic hydroxyl groups is 1. The summed E-state index contributed by atoms with van der Waals surface area (Å²) in [5.74, 6) is -3.32. The van der Waals surface area contributed by atoms with Crippen LogP contribution in [0.5, 0.6) is 5.75 Å². The maximum atomic E-state index is 15.2. The minimum absolute atomic E-state index is 0.0403. The second kappa shape index (κ2) is 13.3. The molecule has 0 radical (unpaired) electrons. The van der Waals surface area contributed by atoms with Crippen LogP contribution in [0.3, 0.4) is 0 Å². The van der Waals surface area contributed by atoms with Crippen LogP contribution in [0.25, 0.3) is 0 Å². The van der Waals surface area contributed by atoms with Crippen LogP contribution >= 0.6 is 0 Å². The Kier molecular flexibility index (Phi) is 10.0. The fraction of sp³-hybridized carbons (Fsp3) is 0.657. The topological polar surface area (TPSA) is 170 Å². The number of fused-ring (bicyclic) bond motifs is 1. The van der Waals surface area contributed by atoms with Crippen LogP contribution in [-0.2, 0) is 35.1 Å². The average Bonchev–Trinajstić information content (AvgIpc) is 3.59. The zero-order valence-electron chi connectivity index (χ0n) is 29.3. The molecule has 1 aromatic rings. The fourth-order valence-electron chi connectivity index (χ4n) is 8.89. The lowest BCUT2D eigenvalue weighted by Crippen LogP contribution is -2.63. The molecular formula is C35H48BFN2O10. The number of carbonyl (C=O) groups excluding carboxylic acids is 4. The molecule has 8 atom stereocenters. The van der Waals surface area contributed by atoms with Gasteiger partial charge in [-0.05, 0) is 75.3 Å². The minimum Gasteiger partial charge on any atom is -0.479 e. The molecule has 1 heterocycles. The molecule has 14 heteroatoms. The van der Waals surface area contributed by atoms with E-state index in [9.17, 15) is 29.3 Å². The molecule has 2 amide bonds. The third-order valence-corrected chi connectivity index (χ3v) is 11.6. The Morgan fingerprint density at radius 3 is 2.57 bits per heavy atom. The van der Waals surface area contributed by atoms with Gasteiger partial charge in [-0.15, -0.1) is 0 Å². The van der Waals surface area contributed by atoms with Gasteiger partial charge in [0, 0.05) is 34.7 Å². The van der Waals surface area contributed by atoms with E-state index in [0.29, 0.717) is 18.4 Å². The molecule has 3 aliphatic carbocycles. The number of ketones is 1. The van der Waals surface area contributed by atoms with Crippen molar-refractivity contribution in [2.75, 3.05) is 6.61 Å². The maximum Gasteiger partial charge on any atom is 0.494 e. The number of amides is 2. The molecule has 5 rings (SSSR count). The van der Waals surface area contributed by atoms with E-state index in [1.807, 2.05) is 20.8 Å². The lowest BCUT2D eigenvalue weighted by atomic mass is 9.44. The van der Waals surface area contributed by atoms with E-state index in [1.165, 1.54) is 12.1 Å². The number of rotatable bonds is 6. The molecule has 0 spiro atoms. The van der Waals surface area contributed by atoms with Gasteiger partial charge >= 0.3 is 19.2 Å². The highest BCUT2D eigenvalue weighted by Crippen LogP contribution is 2.68. The number of hydrazine groups is 1. The second-order valence-corrected chi connectivity index (χ2v) is 15.7. The molecule has 0 unspecified atom stereocenters. The number of Topliss-reactive ketones (excluding diaryl/α,β-unsaturated/α-hetero) is 1. The summed E-state index contributed by atoms with van der Waals surface area (Å²) in [7, 11) is -1.44. The van der Waals surface area contributed by atoms with Gasteiger partial charge in [-0.3, -0.25) is 15.0 Å². The summed E-state index contributed by atoms with van der Waals surface area (Å²) in [6.07, 6.45) is 2.48. The van der Waals surface area contributed by atoms with Crippen molar-refractivity contribution in [3.05, 3.63) is 35.7 Å². The number of esters is 1. The van der Waals surface area contributed by atoms with E-state index in [-0.39, 0.29) is 41.9 Å². The lowest BCUT2D eigenvalue weighted by molar-refractivity contribution is -0.207. The van der Waals surface area contributed by atoms with Crippen molar-refractivity contribution in [1.29, 1.82) is 0 Å². The molecule has 1 aromatic carbocycles. The highest BCUT2D eigenvalue weighted by Gasteiger charge is 2.68. The summed E-state index contributed by atoms with van der Waals surface area (Å²) in [6, 6.07) is 2.91. The molecular weight excluding hydrogens is 638 g/mol. The highest BCUT2D eigenvalue weighted by molar-refractivity contribution is 6.61. The van der Waals surface area contributed by atoms with Crippen LogP contribution in [-0.4, -0.2) is 65.4 Å². The van der Waals surface area contributed by atoms with Gasteiger partial charge in [0.1, 0.15) is 17.5 Å². The van der Waals surface area contributed by atoms with E-state index in [4.69, 9.17) is 18.9 Å². The first-order valence-corrected chi connectivity index (χ1v) is 16.9. The summed E-state index contributed by atoms with van der Waals surface area (Å²) >= 11 is 0. The van der Waals surface area contributed by atoms with E-state index in [2.05, 4.69) is 10.9 Å². The number of hydrogen-bond donors (Lipinski definition) is 4. The van der Waals surface area contributed by atoms with Crippen molar-refractivity contribution in [3.8, 4) is 5.75 Å². The maximum absolute atomic E-state index is 15.2. The van der Waals surface area contributed by atoms with Crippen LogP contribution in [0.2, 0.25) is 0 Å². The summed E-state index contributed by atoms with van der Waals surface area (Å²) in [4.78, 5) is 52.1. The SMILES string of the molecule is C[C@H]1[C@H](O)[C@](C)(/C=C/C(=O)NNC(=O)OC(C)(C)C)C[C@@H](OC(=O)COc2ccc3c(c2F)B(O)OC3)[C@@]2(C)[C@@H]3C(=O)CC[C@]31CC[C@@H]2C. The molecule has 4 aliphatic rings. The van der Waals surface area contributed by atoms with Gasteiger partial charge in [0.05, 0.1) is 12.7 Å². The first-order chi connectivity index (χ1) is 22.8. The summed E-state index contributed by atoms with van der Waals surface area (Å²) < 4.78 is 37.1. The predicted molar refractivity (Wildman–Crippen MR) is 175 cm³/mol. The molecule has 1 aliphatic heterocycles. The summed E-state index contributed by atoms with van der Waals surface area (Å²) in [5.41, 5.74) is 1.64. The predicted octanol–water partition coefficient (Wildman–Crippen LogP) is 3.25. The Labute approximate surface area is 286 Å². The van der Waals surface area contributed by atoms with Gasteiger partial charge in [-0.2, -0.15) is 0 Å². The fourth-order valence-corrected chi connectivity index (χ4v) is 8.89. The normalized spacial score (nSPS) is 34.0. The molecule has 0 saturated heterocycles. The van der Waals surface area contributed by atoms with Gasteiger partial charge in [-0.1, -0.05) is 39.8 Å². The van der Waals surface area contributed by atoms with Gasteiger partial charge in [0.15, 0.2) is 18.2 Å². The van der Waals surface area contributed by atoms with Crippen LogP contribution in [0.1, 0.15) is 86.1 Å². The molecule has 0 aromatic heterocycles. The van der Waals surface area contributed by atoms with E-state index in [1.54, 1.807) is 39.8 Å². The van der Waals surface area contributed by atoms with Crippen molar-refractivity contribution in [2.45, 2.75) is 105 Å². The molecule has 268 valence electrons. The number of benzene rings is 1. The zero-order valence-corrected chi connectivity index (χ0v) is 29.3. The quantitative estimate of drug-likeness (QED) is 0.151. The molecule has 49 heavy (non-hydrogen) atoms. The molecule has 4 N–H and O–H groups in total. The van der Waals surface area contributed by atoms with Crippen molar-refractivity contribution >= 4 is 36.3 Å². The van der Waals surface area contributed by atoms with Crippen molar-refractivity contribution in [3.63, 3.8) is 0 Å². The van der Waals surface area contributed by atoms with Crippen LogP contribution < -0.4 is 21.1 Å². The zero-order chi connectivity index (χ0) is 36.1. The van der Waals surface area contributed by atoms with Crippen molar-refractivity contribution in [1.82, 2.24) is 10.9 Å². The second-order valence-electron chi connectivity index (χ2n) is 15.7. The Bertz CT molecular complexity index is 1530. The van der Waals surface area contributed by atoms with E-state index in [0.717, 1.165) is 12.8 Å². The van der Waals surface area contributed by atoms with Gasteiger partial charge in [0.2, 0.25) is 0 Å². The Balaban J connectivity index is 1.42. The van der Waals surface area contributed by atoms with Crippen molar-refractivity contribution < 1.29 is 52.6 Å². The summed E-state index contributed by atoms with van der Waals surface area (Å²) in [5, 5.41) is 22.1. The minimum atomic E-state index is -1.44. The third-order valence-electron chi connectivity index (χ3n) is 11.6. The first kappa shape index (κ1) is 36.8. The Morgan fingerprint density at radius 2 is 1.88 bits per heavy atom. The van der Waals surface area contributed by atoms with Gasteiger partial charge in [-0.25, -0.2) is 19.4 Å². The van der Waals surface area contributed by atoms with Crippen LogP contribution in [0, 0.1) is 39.8 Å². The smallest absolute Gasteiger partial charge is 0.479 e. The highest BCUT2D eigenvalue weighted by atomic mass is 19.1. The largest absolute Gasteiger partial charge is 0.494 e. The van der Waals surface area contributed by atoms with E-state index < -0.39 is 77.5 Å². The number of ether oxygens (including phenoxy) is 3. The molecule has 3 fully saturated rings. The Hall–Kier alpha value is -3.49. The first-order valence-electron chi connectivity index (χ1n) is 16.9.